The van der Waals surface area contributed by atoms with Crippen molar-refractivity contribution in [2.75, 3.05) is 33.0 Å². The highest BCUT2D eigenvalue weighted by molar-refractivity contribution is 6.76. The average molecular weight is 775 g/mol. The number of hydrogen-bond acceptors (Lipinski definition) is 8. The van der Waals surface area contributed by atoms with Crippen LogP contribution >= 0.6 is 11.6 Å². The van der Waals surface area contributed by atoms with Crippen molar-refractivity contribution in [3.63, 3.8) is 0 Å². The molecule has 0 spiro atoms. The van der Waals surface area contributed by atoms with E-state index in [-0.39, 0.29) is 47.9 Å². The molecule has 4 heterocycles. The number of benzene rings is 1. The van der Waals surface area contributed by atoms with Gasteiger partial charge in [0.25, 0.3) is 0 Å². The molecule has 2 aliphatic heterocycles. The standard InChI is InChI=1S/C39H57ClFN3O6Si2/c1-10-45-15-11-12-25-18-26-13-14-27(34(26)29(41)19-25)20-30-28(40)21-31-37(42-30)44(24-46-16-17-51(5,6)7)38(43-31)49-32-22-47-36-33(23-48-35(32)36)50-52(8,9)39(2,3)4/h11-12,18-19,21,27,32-33,35-36H,10,13-17,20,22-24H2,1-9H3/b12-11+/t27-,32-,33-,35-,36-/m1/s1. The molecule has 1 aliphatic carbocycles. The van der Waals surface area contributed by atoms with E-state index in [9.17, 15) is 0 Å². The summed E-state index contributed by atoms with van der Waals surface area (Å²) in [6, 6.07) is 6.95. The summed E-state index contributed by atoms with van der Waals surface area (Å²) >= 11 is 6.89. The second-order valence-electron chi connectivity index (χ2n) is 17.2. The molecule has 286 valence electrons. The Kier molecular flexibility index (Phi) is 12.1. The largest absolute Gasteiger partial charge is 0.456 e. The number of pyridine rings is 1. The van der Waals surface area contributed by atoms with Crippen LogP contribution in [0.3, 0.4) is 0 Å². The second kappa shape index (κ2) is 15.9. The molecule has 0 radical (unpaired) electrons. The van der Waals surface area contributed by atoms with Gasteiger partial charge >= 0.3 is 6.01 Å². The molecule has 0 amide bonds. The van der Waals surface area contributed by atoms with E-state index in [1.165, 1.54) is 0 Å². The maximum Gasteiger partial charge on any atom is 0.301 e. The monoisotopic (exact) mass is 773 g/mol. The van der Waals surface area contributed by atoms with Crippen molar-refractivity contribution >= 4 is 45.2 Å². The Balaban J connectivity index is 1.23. The van der Waals surface area contributed by atoms with Crippen molar-refractivity contribution in [3.8, 4) is 6.01 Å². The quantitative estimate of drug-likeness (QED) is 0.112. The zero-order valence-electron chi connectivity index (χ0n) is 32.4. The van der Waals surface area contributed by atoms with Crippen LogP contribution in [0.2, 0.25) is 48.8 Å². The third-order valence-electron chi connectivity index (χ3n) is 11.0. The normalized spacial score (nSPS) is 23.6. The lowest BCUT2D eigenvalue weighted by atomic mass is 9.94. The van der Waals surface area contributed by atoms with E-state index < -0.39 is 16.4 Å². The second-order valence-corrected chi connectivity index (χ2v) is 28.0. The molecule has 1 aromatic carbocycles. The van der Waals surface area contributed by atoms with Crippen LogP contribution < -0.4 is 4.74 Å². The van der Waals surface area contributed by atoms with Crippen molar-refractivity contribution in [3.05, 3.63) is 57.5 Å². The van der Waals surface area contributed by atoms with Crippen molar-refractivity contribution in [2.24, 2.45) is 0 Å². The molecule has 6 rings (SSSR count). The molecule has 0 saturated carbocycles. The van der Waals surface area contributed by atoms with Crippen LogP contribution in [-0.2, 0) is 42.9 Å². The van der Waals surface area contributed by atoms with Gasteiger partial charge in [-0.05, 0) is 85.1 Å². The molecule has 5 atom stereocenters. The summed E-state index contributed by atoms with van der Waals surface area (Å²) in [5.41, 5.74) is 4.59. The van der Waals surface area contributed by atoms with Gasteiger partial charge in [0.1, 0.15) is 30.3 Å². The van der Waals surface area contributed by atoms with E-state index >= 15 is 4.39 Å². The SMILES string of the molecule is CCOC/C=C/c1cc(F)c2c(c1)CC[C@@H]2Cc1nc2c(cc1Cl)nc(O[C@@H]1CO[C@H]3[C@@H]1OC[C@H]3O[Si](C)(C)C(C)(C)C)n2COCC[Si](C)(C)C. The Labute approximate surface area is 315 Å². The smallest absolute Gasteiger partial charge is 0.301 e. The fourth-order valence-electron chi connectivity index (χ4n) is 6.99. The number of ether oxygens (including phenoxy) is 5. The van der Waals surface area contributed by atoms with Gasteiger partial charge in [0.15, 0.2) is 20.1 Å². The third kappa shape index (κ3) is 8.86. The first-order chi connectivity index (χ1) is 24.5. The highest BCUT2D eigenvalue weighted by Gasteiger charge is 2.52. The van der Waals surface area contributed by atoms with Gasteiger partial charge in [0.2, 0.25) is 0 Å². The van der Waals surface area contributed by atoms with E-state index in [2.05, 4.69) is 59.6 Å². The van der Waals surface area contributed by atoms with E-state index in [0.717, 1.165) is 35.6 Å². The van der Waals surface area contributed by atoms with Gasteiger partial charge in [0, 0.05) is 21.3 Å². The molecule has 13 heteroatoms. The fraction of sp³-hybridized carbons (Fsp3) is 0.641. The van der Waals surface area contributed by atoms with Gasteiger partial charge < -0.3 is 28.1 Å². The van der Waals surface area contributed by atoms with Crippen LogP contribution in [0.1, 0.15) is 62.4 Å². The number of imidazole rings is 1. The Hall–Kier alpha value is -2.17. The predicted molar refractivity (Wildman–Crippen MR) is 209 cm³/mol. The van der Waals surface area contributed by atoms with Crippen molar-refractivity contribution in [2.45, 2.75) is 128 Å². The minimum absolute atomic E-state index is 0.0347. The van der Waals surface area contributed by atoms with Gasteiger partial charge in [-0.2, -0.15) is 4.98 Å². The summed E-state index contributed by atoms with van der Waals surface area (Å²) in [4.78, 5) is 9.94. The summed E-state index contributed by atoms with van der Waals surface area (Å²) in [5.74, 6) is -0.222. The fourth-order valence-corrected chi connectivity index (χ4v) is 9.28. The summed E-state index contributed by atoms with van der Waals surface area (Å²) in [7, 11) is -3.33. The Morgan fingerprint density at radius 2 is 1.75 bits per heavy atom. The molecule has 0 N–H and O–H groups in total. The Morgan fingerprint density at radius 1 is 1.02 bits per heavy atom. The van der Waals surface area contributed by atoms with Crippen molar-refractivity contribution in [1.82, 2.24) is 14.5 Å². The lowest BCUT2D eigenvalue weighted by Gasteiger charge is -2.39. The number of aryl methyl sites for hydroxylation is 1. The molecule has 0 unspecified atom stereocenters. The lowest BCUT2D eigenvalue weighted by Crippen LogP contribution is -2.47. The molecular formula is C39H57ClFN3O6Si2. The maximum atomic E-state index is 15.6. The number of nitrogens with zero attached hydrogens (tertiary/aromatic N) is 3. The number of halogens is 2. The van der Waals surface area contributed by atoms with E-state index in [0.29, 0.717) is 67.3 Å². The van der Waals surface area contributed by atoms with Crippen LogP contribution in [-0.4, -0.2) is 88.4 Å². The van der Waals surface area contributed by atoms with Crippen LogP contribution in [0.4, 0.5) is 4.39 Å². The van der Waals surface area contributed by atoms with Crippen LogP contribution in [0.25, 0.3) is 17.2 Å². The van der Waals surface area contributed by atoms with E-state index in [1.54, 1.807) is 6.07 Å². The Bertz CT molecular complexity index is 1760. The van der Waals surface area contributed by atoms with Gasteiger partial charge in [-0.1, -0.05) is 70.2 Å². The number of aromatic nitrogens is 3. The van der Waals surface area contributed by atoms with E-state index in [4.69, 9.17) is 49.7 Å². The molecule has 0 bridgehead atoms. The average Bonchev–Trinajstić information content (AvgIpc) is 3.82. The molecule has 3 aromatic rings. The zero-order valence-corrected chi connectivity index (χ0v) is 35.1. The summed E-state index contributed by atoms with van der Waals surface area (Å²) < 4.78 is 55.0. The van der Waals surface area contributed by atoms with Gasteiger partial charge in [-0.25, -0.2) is 9.37 Å². The van der Waals surface area contributed by atoms with Crippen molar-refractivity contribution < 1.29 is 32.5 Å². The topological polar surface area (TPSA) is 86.1 Å². The van der Waals surface area contributed by atoms with Crippen molar-refractivity contribution in [1.29, 1.82) is 0 Å². The first kappa shape index (κ1) is 39.5. The summed E-state index contributed by atoms with van der Waals surface area (Å²) in [5, 5.41) is 0.578. The Morgan fingerprint density at radius 3 is 2.46 bits per heavy atom. The van der Waals surface area contributed by atoms with Gasteiger partial charge in [0.05, 0.1) is 36.6 Å². The molecule has 9 nitrogen and oxygen atoms in total. The van der Waals surface area contributed by atoms with Crippen LogP contribution in [0.5, 0.6) is 6.01 Å². The number of rotatable bonds is 15. The highest BCUT2D eigenvalue weighted by Crippen LogP contribution is 2.42. The molecule has 2 saturated heterocycles. The molecule has 52 heavy (non-hydrogen) atoms. The maximum absolute atomic E-state index is 15.6. The first-order valence-corrected chi connectivity index (χ1v) is 25.8. The van der Waals surface area contributed by atoms with E-state index in [1.807, 2.05) is 29.7 Å². The molecule has 2 fully saturated rings. The molecule has 3 aliphatic rings. The zero-order chi connectivity index (χ0) is 37.4. The number of hydrogen-bond donors (Lipinski definition) is 0. The summed E-state index contributed by atoms with van der Waals surface area (Å²) in [6.45, 7) is 23.0. The number of fused-ring (bicyclic) bond motifs is 3. The third-order valence-corrected chi connectivity index (χ3v) is 17.5. The first-order valence-electron chi connectivity index (χ1n) is 18.8. The van der Waals surface area contributed by atoms with Crippen LogP contribution in [0.15, 0.2) is 24.3 Å². The summed E-state index contributed by atoms with van der Waals surface area (Å²) in [6.07, 6.45) is 4.99. The molecular weight excluding hydrogens is 717 g/mol. The molecule has 2 aromatic heterocycles. The predicted octanol–water partition coefficient (Wildman–Crippen LogP) is 8.79. The van der Waals surface area contributed by atoms with Gasteiger partial charge in [-0.3, -0.25) is 4.57 Å². The minimum atomic E-state index is -2.03. The highest BCUT2D eigenvalue weighted by atomic mass is 35.5. The lowest BCUT2D eigenvalue weighted by molar-refractivity contribution is 0.00687. The van der Waals surface area contributed by atoms with Crippen LogP contribution in [0, 0.1) is 5.82 Å². The minimum Gasteiger partial charge on any atom is -0.456 e. The van der Waals surface area contributed by atoms with Gasteiger partial charge in [-0.15, -0.1) is 0 Å².